The van der Waals surface area contributed by atoms with Crippen molar-refractivity contribution in [3.63, 3.8) is 0 Å². The molecule has 1 unspecified atom stereocenters. The zero-order chi connectivity index (χ0) is 15.0. The molecule has 1 rings (SSSR count). The summed E-state index contributed by atoms with van der Waals surface area (Å²) in [7, 11) is 0. The number of hydrogen-bond acceptors (Lipinski definition) is 3. The number of nitrogens with one attached hydrogen (secondary N) is 1. The van der Waals surface area contributed by atoms with Crippen molar-refractivity contribution in [2.45, 2.75) is 65.6 Å². The molecule has 0 aromatic carbocycles. The zero-order valence-corrected chi connectivity index (χ0v) is 14.1. The fourth-order valence-electron chi connectivity index (χ4n) is 2.14. The molecule has 6 heteroatoms. The van der Waals surface area contributed by atoms with E-state index in [2.05, 4.69) is 5.32 Å². The summed E-state index contributed by atoms with van der Waals surface area (Å²) < 4.78 is 0. The van der Waals surface area contributed by atoms with Gasteiger partial charge in [0, 0.05) is 18.5 Å². The summed E-state index contributed by atoms with van der Waals surface area (Å²) in [6, 6.07) is -0.695. The second-order valence-electron chi connectivity index (χ2n) is 7.43. The molecule has 0 aliphatic carbocycles. The summed E-state index contributed by atoms with van der Waals surface area (Å²) >= 11 is 0. The summed E-state index contributed by atoms with van der Waals surface area (Å²) in [4.78, 5) is 25.8. The topological polar surface area (TPSA) is 75.4 Å². The first-order valence-corrected chi connectivity index (χ1v) is 6.79. The molecule has 2 amide bonds. The fraction of sp³-hybridized carbons (Fsp3) is 0.857. The van der Waals surface area contributed by atoms with E-state index in [1.807, 2.05) is 41.5 Å². The lowest BCUT2D eigenvalue weighted by Gasteiger charge is -2.32. The summed E-state index contributed by atoms with van der Waals surface area (Å²) in [5, 5.41) is 2.89. The molecule has 3 N–H and O–H groups in total. The first kappa shape index (κ1) is 19.2. The Labute approximate surface area is 128 Å². The highest BCUT2D eigenvalue weighted by Crippen LogP contribution is 2.23. The normalized spacial score (nSPS) is 21.4. The average Bonchev–Trinajstić information content (AvgIpc) is 2.56. The maximum Gasteiger partial charge on any atom is 0.237 e. The molecule has 1 aliphatic rings. The van der Waals surface area contributed by atoms with Gasteiger partial charge in [-0.1, -0.05) is 20.8 Å². The van der Waals surface area contributed by atoms with Gasteiger partial charge in [-0.2, -0.15) is 0 Å². The van der Waals surface area contributed by atoms with Crippen molar-refractivity contribution in [2.24, 2.45) is 11.1 Å². The van der Waals surface area contributed by atoms with E-state index in [0.29, 0.717) is 13.0 Å². The van der Waals surface area contributed by atoms with Crippen molar-refractivity contribution in [1.29, 1.82) is 0 Å². The van der Waals surface area contributed by atoms with Crippen molar-refractivity contribution in [1.82, 2.24) is 10.2 Å². The molecule has 2 atom stereocenters. The molecule has 0 spiro atoms. The minimum Gasteiger partial charge on any atom is -0.350 e. The maximum atomic E-state index is 12.0. The van der Waals surface area contributed by atoms with Gasteiger partial charge in [0.2, 0.25) is 11.8 Å². The highest BCUT2D eigenvalue weighted by molar-refractivity contribution is 5.85. The third-order valence-electron chi connectivity index (χ3n) is 3.50. The van der Waals surface area contributed by atoms with Crippen LogP contribution in [0, 0.1) is 5.41 Å². The van der Waals surface area contributed by atoms with E-state index in [0.717, 1.165) is 0 Å². The van der Waals surface area contributed by atoms with Gasteiger partial charge in [-0.3, -0.25) is 9.59 Å². The quantitative estimate of drug-likeness (QED) is 0.807. The van der Waals surface area contributed by atoms with E-state index in [4.69, 9.17) is 5.73 Å². The number of nitrogens with zero attached hydrogens (tertiary/aromatic N) is 1. The highest BCUT2D eigenvalue weighted by Gasteiger charge is 2.38. The Bertz CT molecular complexity index is 372. The third kappa shape index (κ3) is 4.63. The number of halogens is 1. The summed E-state index contributed by atoms with van der Waals surface area (Å²) in [5.41, 5.74) is 5.43. The van der Waals surface area contributed by atoms with E-state index in [1.54, 1.807) is 4.90 Å². The third-order valence-corrected chi connectivity index (χ3v) is 3.50. The first-order chi connectivity index (χ1) is 8.43. The van der Waals surface area contributed by atoms with Crippen molar-refractivity contribution in [2.75, 3.05) is 6.54 Å². The summed E-state index contributed by atoms with van der Waals surface area (Å²) in [6.07, 6.45) is 0.361. The molecule has 1 fully saturated rings. The summed E-state index contributed by atoms with van der Waals surface area (Å²) in [6.45, 7) is 12.3. The average molecular weight is 306 g/mol. The molecule has 1 aliphatic heterocycles. The van der Waals surface area contributed by atoms with Gasteiger partial charge < -0.3 is 16.0 Å². The van der Waals surface area contributed by atoms with Gasteiger partial charge in [-0.25, -0.2) is 0 Å². The number of likely N-dealkylation sites (tertiary alicyclic amines) is 1. The number of nitrogens with two attached hydrogens (primary N) is 1. The molecule has 0 aromatic heterocycles. The van der Waals surface area contributed by atoms with Crippen molar-refractivity contribution in [3.8, 4) is 0 Å². The van der Waals surface area contributed by atoms with Gasteiger partial charge in [0.25, 0.3) is 0 Å². The van der Waals surface area contributed by atoms with E-state index >= 15 is 0 Å². The Morgan fingerprint density at radius 3 is 2.15 bits per heavy atom. The minimum absolute atomic E-state index is 0. The number of amides is 2. The standard InChI is InChI=1S/C14H27N3O2.ClH/c1-13(2,3)11(15)12(19)16-9-7-10(18)17(8-9)14(4,5)6;/h9,11H,7-8,15H2,1-6H3,(H,16,19);1H/t9?,11-;/m1./s1. The molecule has 0 radical (unpaired) electrons. The molecule has 20 heavy (non-hydrogen) atoms. The lowest BCUT2D eigenvalue weighted by atomic mass is 9.87. The molecule has 1 heterocycles. The molecule has 0 saturated carbocycles. The number of hydrogen-bond donors (Lipinski definition) is 2. The van der Waals surface area contributed by atoms with Crippen LogP contribution in [0.15, 0.2) is 0 Å². The van der Waals surface area contributed by atoms with Gasteiger partial charge in [0.15, 0.2) is 0 Å². The monoisotopic (exact) mass is 305 g/mol. The van der Waals surface area contributed by atoms with Gasteiger partial charge in [0.1, 0.15) is 0 Å². The van der Waals surface area contributed by atoms with Crippen LogP contribution in [0.4, 0.5) is 0 Å². The minimum atomic E-state index is -0.564. The Hall–Kier alpha value is -0.810. The van der Waals surface area contributed by atoms with Crippen LogP contribution in [0.5, 0.6) is 0 Å². The molecule has 0 bridgehead atoms. The lowest BCUT2D eigenvalue weighted by Crippen LogP contribution is -2.52. The van der Waals surface area contributed by atoms with E-state index < -0.39 is 6.04 Å². The van der Waals surface area contributed by atoms with Crippen LogP contribution >= 0.6 is 12.4 Å². The van der Waals surface area contributed by atoms with E-state index in [1.165, 1.54) is 0 Å². The smallest absolute Gasteiger partial charge is 0.237 e. The predicted octanol–water partition coefficient (Wildman–Crippen LogP) is 1.30. The van der Waals surface area contributed by atoms with Crippen LogP contribution in [0.25, 0.3) is 0 Å². The zero-order valence-electron chi connectivity index (χ0n) is 13.3. The largest absolute Gasteiger partial charge is 0.350 e. The van der Waals surface area contributed by atoms with E-state index in [-0.39, 0.29) is 41.2 Å². The fourth-order valence-corrected chi connectivity index (χ4v) is 2.14. The van der Waals surface area contributed by atoms with Crippen LogP contribution in [-0.4, -0.2) is 40.9 Å². The Morgan fingerprint density at radius 2 is 1.80 bits per heavy atom. The van der Waals surface area contributed by atoms with Gasteiger partial charge >= 0.3 is 0 Å². The molecule has 5 nitrogen and oxygen atoms in total. The molecule has 1 saturated heterocycles. The van der Waals surface area contributed by atoms with Crippen LogP contribution in [0.2, 0.25) is 0 Å². The Balaban J connectivity index is 0.00000361. The van der Waals surface area contributed by atoms with Gasteiger partial charge in [-0.05, 0) is 26.2 Å². The van der Waals surface area contributed by atoms with Crippen molar-refractivity contribution >= 4 is 24.2 Å². The Morgan fingerprint density at radius 1 is 1.30 bits per heavy atom. The van der Waals surface area contributed by atoms with Gasteiger partial charge in [-0.15, -0.1) is 12.4 Å². The van der Waals surface area contributed by atoms with Gasteiger partial charge in [0.05, 0.1) is 12.1 Å². The molecular weight excluding hydrogens is 278 g/mol. The lowest BCUT2D eigenvalue weighted by molar-refractivity contribution is -0.131. The SMILES string of the molecule is CC(C)(C)[C@H](N)C(=O)NC1CC(=O)N(C(C)(C)C)C1.Cl. The van der Waals surface area contributed by atoms with Crippen LogP contribution in [-0.2, 0) is 9.59 Å². The number of carbonyl (C=O) groups is 2. The van der Waals surface area contributed by atoms with Crippen molar-refractivity contribution in [3.05, 3.63) is 0 Å². The van der Waals surface area contributed by atoms with Crippen molar-refractivity contribution < 1.29 is 9.59 Å². The maximum absolute atomic E-state index is 12.0. The van der Waals surface area contributed by atoms with Crippen LogP contribution < -0.4 is 11.1 Å². The molecule has 118 valence electrons. The Kier molecular flexibility index (Phi) is 6.05. The van der Waals surface area contributed by atoms with Crippen LogP contribution in [0.1, 0.15) is 48.0 Å². The number of rotatable bonds is 2. The second kappa shape index (κ2) is 6.31. The predicted molar refractivity (Wildman–Crippen MR) is 82.7 cm³/mol. The first-order valence-electron chi connectivity index (χ1n) is 6.79. The van der Waals surface area contributed by atoms with E-state index in [9.17, 15) is 9.59 Å². The van der Waals surface area contributed by atoms with Crippen LogP contribution in [0.3, 0.4) is 0 Å². The number of carbonyl (C=O) groups excluding carboxylic acids is 2. The summed E-state index contributed by atoms with van der Waals surface area (Å²) in [5.74, 6) is -0.0943. The molecular formula is C14H28ClN3O2. The molecule has 0 aromatic rings. The second-order valence-corrected chi connectivity index (χ2v) is 7.43. The highest BCUT2D eigenvalue weighted by atomic mass is 35.5.